The van der Waals surface area contributed by atoms with E-state index in [9.17, 15) is 4.39 Å². The lowest BCUT2D eigenvalue weighted by molar-refractivity contribution is 0.191. The van der Waals surface area contributed by atoms with E-state index in [0.29, 0.717) is 5.92 Å². The van der Waals surface area contributed by atoms with E-state index < -0.39 is 0 Å². The van der Waals surface area contributed by atoms with E-state index in [4.69, 9.17) is 4.74 Å². The zero-order valence-corrected chi connectivity index (χ0v) is 13.2. The van der Waals surface area contributed by atoms with E-state index in [1.165, 1.54) is 5.56 Å². The topological polar surface area (TPSA) is 21.3 Å². The second kappa shape index (κ2) is 8.38. The summed E-state index contributed by atoms with van der Waals surface area (Å²) < 4.78 is 18.1. The third kappa shape index (κ3) is 7.01. The Balaban J connectivity index is 2.60. The van der Waals surface area contributed by atoms with E-state index in [1.54, 1.807) is 19.2 Å². The van der Waals surface area contributed by atoms with Crippen LogP contribution in [0.15, 0.2) is 24.3 Å². The predicted molar refractivity (Wildman–Crippen MR) is 82.6 cm³/mol. The third-order valence-corrected chi connectivity index (χ3v) is 3.37. The van der Waals surface area contributed by atoms with Crippen LogP contribution in [0, 0.1) is 5.82 Å². The highest BCUT2D eigenvalue weighted by Crippen LogP contribution is 2.22. The van der Waals surface area contributed by atoms with Gasteiger partial charge in [0.1, 0.15) is 5.82 Å². The molecule has 0 aliphatic carbocycles. The van der Waals surface area contributed by atoms with E-state index in [0.717, 1.165) is 32.4 Å². The van der Waals surface area contributed by atoms with Gasteiger partial charge in [0.15, 0.2) is 0 Å². The first-order valence-electron chi connectivity index (χ1n) is 7.42. The predicted octanol–water partition coefficient (Wildman–Crippen LogP) is 4.11. The molecule has 0 aromatic heterocycles. The second-order valence-electron chi connectivity index (χ2n) is 6.37. The fourth-order valence-corrected chi connectivity index (χ4v) is 2.19. The first-order chi connectivity index (χ1) is 9.42. The van der Waals surface area contributed by atoms with Crippen molar-refractivity contribution in [2.75, 3.05) is 20.3 Å². The van der Waals surface area contributed by atoms with E-state index in [-0.39, 0.29) is 11.4 Å². The lowest BCUT2D eigenvalue weighted by Crippen LogP contribution is -2.38. The number of nitrogens with one attached hydrogen (secondary N) is 1. The molecule has 20 heavy (non-hydrogen) atoms. The minimum atomic E-state index is -0.171. The molecule has 1 N–H and O–H groups in total. The van der Waals surface area contributed by atoms with Crippen molar-refractivity contribution < 1.29 is 9.13 Å². The maximum absolute atomic E-state index is 13.0. The number of rotatable bonds is 8. The van der Waals surface area contributed by atoms with Crippen LogP contribution in [0.4, 0.5) is 4.39 Å². The molecule has 0 amide bonds. The first-order valence-corrected chi connectivity index (χ1v) is 7.42. The van der Waals surface area contributed by atoms with Crippen molar-refractivity contribution in [1.29, 1.82) is 0 Å². The Labute approximate surface area is 122 Å². The van der Waals surface area contributed by atoms with Gasteiger partial charge in [-0.25, -0.2) is 4.39 Å². The molecule has 0 saturated heterocycles. The maximum Gasteiger partial charge on any atom is 0.123 e. The number of hydrogen-bond acceptors (Lipinski definition) is 2. The van der Waals surface area contributed by atoms with Crippen molar-refractivity contribution in [3.8, 4) is 0 Å². The van der Waals surface area contributed by atoms with Crippen LogP contribution in [0.2, 0.25) is 0 Å². The van der Waals surface area contributed by atoms with Crippen molar-refractivity contribution in [2.45, 2.75) is 51.5 Å². The SMILES string of the molecule is COCCCCC(CNC(C)(C)C)c1ccc(F)cc1. The van der Waals surface area contributed by atoms with Gasteiger partial charge in [-0.15, -0.1) is 0 Å². The average molecular weight is 281 g/mol. The summed E-state index contributed by atoms with van der Waals surface area (Å²) in [6, 6.07) is 6.91. The summed E-state index contributed by atoms with van der Waals surface area (Å²) in [5, 5.41) is 3.55. The van der Waals surface area contributed by atoms with Gasteiger partial charge < -0.3 is 10.1 Å². The fourth-order valence-electron chi connectivity index (χ4n) is 2.19. The van der Waals surface area contributed by atoms with Crippen molar-refractivity contribution in [1.82, 2.24) is 5.32 Å². The van der Waals surface area contributed by atoms with Crippen molar-refractivity contribution in [3.05, 3.63) is 35.6 Å². The normalized spacial score (nSPS) is 13.4. The zero-order chi connectivity index (χ0) is 15.0. The average Bonchev–Trinajstić information content (AvgIpc) is 2.38. The van der Waals surface area contributed by atoms with Crippen molar-refractivity contribution in [3.63, 3.8) is 0 Å². The Bertz CT molecular complexity index is 370. The molecule has 0 spiro atoms. The summed E-state index contributed by atoms with van der Waals surface area (Å²) in [7, 11) is 1.73. The second-order valence-corrected chi connectivity index (χ2v) is 6.37. The van der Waals surface area contributed by atoms with Crippen LogP contribution < -0.4 is 5.32 Å². The van der Waals surface area contributed by atoms with Gasteiger partial charge >= 0.3 is 0 Å². The number of benzene rings is 1. The number of methoxy groups -OCH3 is 1. The number of unbranched alkanes of at least 4 members (excludes halogenated alkanes) is 1. The minimum Gasteiger partial charge on any atom is -0.385 e. The van der Waals surface area contributed by atoms with Crippen molar-refractivity contribution >= 4 is 0 Å². The summed E-state index contributed by atoms with van der Waals surface area (Å²) in [4.78, 5) is 0. The molecule has 1 rings (SSSR count). The molecule has 1 unspecified atom stereocenters. The molecule has 0 aliphatic rings. The molecular weight excluding hydrogens is 253 g/mol. The molecule has 1 aromatic carbocycles. The van der Waals surface area contributed by atoms with E-state index >= 15 is 0 Å². The van der Waals surface area contributed by atoms with Crippen LogP contribution >= 0.6 is 0 Å². The Kier molecular flexibility index (Phi) is 7.17. The molecule has 0 radical (unpaired) electrons. The number of ether oxygens (including phenoxy) is 1. The molecule has 0 saturated carbocycles. The number of hydrogen-bond donors (Lipinski definition) is 1. The Morgan fingerprint density at radius 3 is 2.35 bits per heavy atom. The maximum atomic E-state index is 13.0. The Morgan fingerprint density at radius 2 is 1.80 bits per heavy atom. The lowest BCUT2D eigenvalue weighted by atomic mass is 9.92. The van der Waals surface area contributed by atoms with Gasteiger partial charge in [0.2, 0.25) is 0 Å². The molecular formula is C17H28FNO. The molecule has 1 aromatic rings. The van der Waals surface area contributed by atoms with E-state index in [2.05, 4.69) is 26.1 Å². The van der Waals surface area contributed by atoms with Crippen LogP contribution in [0.5, 0.6) is 0 Å². The summed E-state index contributed by atoms with van der Waals surface area (Å²) in [5.74, 6) is 0.252. The van der Waals surface area contributed by atoms with Gasteiger partial charge in [-0.2, -0.15) is 0 Å². The van der Waals surface area contributed by atoms with Gasteiger partial charge in [-0.05, 0) is 57.2 Å². The highest BCUT2D eigenvalue weighted by Gasteiger charge is 2.15. The Hall–Kier alpha value is -0.930. The standard InChI is InChI=1S/C17H28FNO/c1-17(2,3)19-13-15(7-5-6-12-20-4)14-8-10-16(18)11-9-14/h8-11,15,19H,5-7,12-13H2,1-4H3. The largest absolute Gasteiger partial charge is 0.385 e. The quantitative estimate of drug-likeness (QED) is 0.724. The molecule has 114 valence electrons. The van der Waals surface area contributed by atoms with Crippen LogP contribution in [-0.4, -0.2) is 25.8 Å². The first kappa shape index (κ1) is 17.1. The monoisotopic (exact) mass is 281 g/mol. The van der Waals surface area contributed by atoms with Crippen LogP contribution in [0.25, 0.3) is 0 Å². The van der Waals surface area contributed by atoms with Gasteiger partial charge in [0.05, 0.1) is 0 Å². The van der Waals surface area contributed by atoms with Gasteiger partial charge in [-0.1, -0.05) is 18.6 Å². The highest BCUT2D eigenvalue weighted by molar-refractivity contribution is 5.21. The summed E-state index contributed by atoms with van der Waals surface area (Å²) in [6.45, 7) is 8.23. The smallest absolute Gasteiger partial charge is 0.123 e. The highest BCUT2D eigenvalue weighted by atomic mass is 19.1. The van der Waals surface area contributed by atoms with E-state index in [1.807, 2.05) is 12.1 Å². The third-order valence-electron chi connectivity index (χ3n) is 3.37. The molecule has 0 heterocycles. The van der Waals surface area contributed by atoms with Gasteiger partial charge in [-0.3, -0.25) is 0 Å². The van der Waals surface area contributed by atoms with Crippen LogP contribution in [0.1, 0.15) is 51.5 Å². The molecule has 0 bridgehead atoms. The fraction of sp³-hybridized carbons (Fsp3) is 0.647. The van der Waals surface area contributed by atoms with Crippen molar-refractivity contribution in [2.24, 2.45) is 0 Å². The summed E-state index contributed by atoms with van der Waals surface area (Å²) in [5.41, 5.74) is 1.31. The number of halogens is 1. The van der Waals surface area contributed by atoms with Crippen LogP contribution in [0.3, 0.4) is 0 Å². The van der Waals surface area contributed by atoms with Gasteiger partial charge in [0.25, 0.3) is 0 Å². The molecule has 1 atom stereocenters. The Morgan fingerprint density at radius 1 is 1.15 bits per heavy atom. The van der Waals surface area contributed by atoms with Gasteiger partial charge in [0, 0.05) is 25.8 Å². The summed E-state index contributed by atoms with van der Waals surface area (Å²) in [6.07, 6.45) is 3.30. The van der Waals surface area contributed by atoms with Crippen LogP contribution in [-0.2, 0) is 4.74 Å². The molecule has 3 heteroatoms. The lowest BCUT2D eigenvalue weighted by Gasteiger charge is -2.25. The molecule has 0 aliphatic heterocycles. The molecule has 2 nitrogen and oxygen atoms in total. The summed E-state index contributed by atoms with van der Waals surface area (Å²) >= 11 is 0. The molecule has 0 fully saturated rings. The minimum absolute atomic E-state index is 0.102. The zero-order valence-electron chi connectivity index (χ0n) is 13.2.